The lowest BCUT2D eigenvalue weighted by Crippen LogP contribution is -1.89. The Bertz CT molecular complexity index is 518. The molecule has 1 heterocycles. The second kappa shape index (κ2) is 5.14. The standard InChI is InChI=1S/C15H13N/c1-2-14-9-6-10-15(16-14)12-11-13-7-4-3-5-8-13/h3-10H,2H2,1H3. The molecule has 0 aliphatic heterocycles. The number of nitrogens with zero attached hydrogens (tertiary/aromatic N) is 1. The van der Waals surface area contributed by atoms with Gasteiger partial charge >= 0.3 is 0 Å². The molecule has 0 spiro atoms. The molecule has 1 nitrogen and oxygen atoms in total. The zero-order chi connectivity index (χ0) is 11.2. The lowest BCUT2D eigenvalue weighted by atomic mass is 10.2. The highest BCUT2D eigenvalue weighted by Gasteiger charge is 1.91. The van der Waals surface area contributed by atoms with E-state index in [0.29, 0.717) is 0 Å². The SMILES string of the molecule is CCc1cccc(C#Cc2ccccc2)n1. The molecule has 1 aromatic heterocycles. The number of benzene rings is 1. The minimum Gasteiger partial charge on any atom is -0.244 e. The fourth-order valence-corrected chi connectivity index (χ4v) is 1.40. The number of hydrogen-bond donors (Lipinski definition) is 0. The lowest BCUT2D eigenvalue weighted by Gasteiger charge is -1.95. The molecule has 0 atom stereocenters. The fraction of sp³-hybridized carbons (Fsp3) is 0.133. The van der Waals surface area contributed by atoms with Gasteiger partial charge in [-0.25, -0.2) is 4.98 Å². The molecule has 0 aliphatic rings. The van der Waals surface area contributed by atoms with Crippen molar-refractivity contribution in [2.75, 3.05) is 0 Å². The quantitative estimate of drug-likeness (QED) is 0.655. The maximum atomic E-state index is 4.43. The average molecular weight is 207 g/mol. The van der Waals surface area contributed by atoms with Crippen molar-refractivity contribution >= 4 is 0 Å². The van der Waals surface area contributed by atoms with Crippen molar-refractivity contribution in [3.05, 3.63) is 65.5 Å². The van der Waals surface area contributed by atoms with Gasteiger partial charge < -0.3 is 0 Å². The third-order valence-electron chi connectivity index (χ3n) is 2.28. The average Bonchev–Trinajstić information content (AvgIpc) is 2.38. The summed E-state index contributed by atoms with van der Waals surface area (Å²) in [4.78, 5) is 4.43. The number of hydrogen-bond acceptors (Lipinski definition) is 1. The van der Waals surface area contributed by atoms with Crippen molar-refractivity contribution in [2.24, 2.45) is 0 Å². The first-order valence-electron chi connectivity index (χ1n) is 5.41. The van der Waals surface area contributed by atoms with Crippen molar-refractivity contribution in [2.45, 2.75) is 13.3 Å². The smallest absolute Gasteiger partial charge is 0.113 e. The van der Waals surface area contributed by atoms with E-state index in [1.54, 1.807) is 0 Å². The molecular formula is C15H13N. The van der Waals surface area contributed by atoms with Crippen molar-refractivity contribution in [3.8, 4) is 11.8 Å². The summed E-state index contributed by atoms with van der Waals surface area (Å²) in [5.41, 5.74) is 2.94. The highest BCUT2D eigenvalue weighted by Crippen LogP contribution is 2.00. The summed E-state index contributed by atoms with van der Waals surface area (Å²) in [6, 6.07) is 15.9. The first kappa shape index (κ1) is 10.4. The molecule has 0 radical (unpaired) electrons. The first-order chi connectivity index (χ1) is 7.88. The molecule has 0 amide bonds. The van der Waals surface area contributed by atoms with Crippen LogP contribution in [0.5, 0.6) is 0 Å². The van der Waals surface area contributed by atoms with Crippen molar-refractivity contribution < 1.29 is 0 Å². The largest absolute Gasteiger partial charge is 0.244 e. The first-order valence-corrected chi connectivity index (χ1v) is 5.41. The molecule has 16 heavy (non-hydrogen) atoms. The minimum absolute atomic E-state index is 0.836. The van der Waals surface area contributed by atoms with Gasteiger partial charge in [0.1, 0.15) is 5.69 Å². The summed E-state index contributed by atoms with van der Waals surface area (Å²) in [5, 5.41) is 0. The maximum Gasteiger partial charge on any atom is 0.113 e. The molecule has 0 saturated heterocycles. The summed E-state index contributed by atoms with van der Waals surface area (Å²) in [7, 11) is 0. The van der Waals surface area contributed by atoms with Gasteiger partial charge in [-0.3, -0.25) is 0 Å². The topological polar surface area (TPSA) is 12.9 Å². The van der Waals surface area contributed by atoms with Crippen LogP contribution < -0.4 is 0 Å². The Hall–Kier alpha value is -2.07. The third-order valence-corrected chi connectivity index (χ3v) is 2.28. The van der Waals surface area contributed by atoms with E-state index in [1.165, 1.54) is 0 Å². The van der Waals surface area contributed by atoms with E-state index in [9.17, 15) is 0 Å². The molecule has 0 aliphatic carbocycles. The number of pyridine rings is 1. The Morgan fingerprint density at radius 1 is 0.938 bits per heavy atom. The van der Waals surface area contributed by atoms with Crippen LogP contribution in [-0.2, 0) is 6.42 Å². The Labute approximate surface area is 96.2 Å². The fourth-order valence-electron chi connectivity index (χ4n) is 1.40. The van der Waals surface area contributed by atoms with Gasteiger partial charge in [-0.2, -0.15) is 0 Å². The van der Waals surface area contributed by atoms with Crippen molar-refractivity contribution in [1.29, 1.82) is 0 Å². The van der Waals surface area contributed by atoms with Crippen LogP contribution in [0, 0.1) is 11.8 Å². The normalized spacial score (nSPS) is 9.31. The van der Waals surface area contributed by atoms with E-state index in [4.69, 9.17) is 0 Å². The maximum absolute atomic E-state index is 4.43. The van der Waals surface area contributed by atoms with Crippen molar-refractivity contribution in [3.63, 3.8) is 0 Å². The molecule has 0 unspecified atom stereocenters. The Morgan fingerprint density at radius 3 is 2.50 bits per heavy atom. The van der Waals surface area contributed by atoms with Gasteiger partial charge in [0.15, 0.2) is 0 Å². The molecular weight excluding hydrogens is 194 g/mol. The van der Waals surface area contributed by atoms with Crippen LogP contribution in [0.4, 0.5) is 0 Å². The van der Waals surface area contributed by atoms with E-state index in [1.807, 2.05) is 48.5 Å². The second-order valence-corrected chi connectivity index (χ2v) is 3.48. The van der Waals surface area contributed by atoms with Crippen LogP contribution in [0.3, 0.4) is 0 Å². The summed E-state index contributed by atoms with van der Waals surface area (Å²) < 4.78 is 0. The van der Waals surface area contributed by atoms with Crippen molar-refractivity contribution in [1.82, 2.24) is 4.98 Å². The van der Waals surface area contributed by atoms with E-state index in [0.717, 1.165) is 23.4 Å². The number of aryl methyl sites for hydroxylation is 1. The van der Waals surface area contributed by atoms with E-state index >= 15 is 0 Å². The predicted octanol–water partition coefficient (Wildman–Crippen LogP) is 3.04. The zero-order valence-electron chi connectivity index (χ0n) is 9.27. The van der Waals surface area contributed by atoms with Gasteiger partial charge in [0.2, 0.25) is 0 Å². The van der Waals surface area contributed by atoms with Crippen LogP contribution in [0.25, 0.3) is 0 Å². The summed E-state index contributed by atoms with van der Waals surface area (Å²) in [6.07, 6.45) is 0.945. The monoisotopic (exact) mass is 207 g/mol. The van der Waals surface area contributed by atoms with Gasteiger partial charge in [-0.15, -0.1) is 0 Å². The van der Waals surface area contributed by atoms with Crippen LogP contribution in [-0.4, -0.2) is 4.98 Å². The molecule has 0 fully saturated rings. The van der Waals surface area contributed by atoms with E-state index < -0.39 is 0 Å². The molecule has 0 N–H and O–H groups in total. The van der Waals surface area contributed by atoms with Gasteiger partial charge in [0, 0.05) is 11.3 Å². The summed E-state index contributed by atoms with van der Waals surface area (Å²) >= 11 is 0. The molecule has 1 aromatic carbocycles. The molecule has 2 rings (SSSR count). The van der Waals surface area contributed by atoms with Crippen LogP contribution in [0.2, 0.25) is 0 Å². The molecule has 0 saturated carbocycles. The van der Waals surface area contributed by atoms with E-state index in [2.05, 4.69) is 23.7 Å². The second-order valence-electron chi connectivity index (χ2n) is 3.48. The van der Waals surface area contributed by atoms with Crippen LogP contribution in [0.1, 0.15) is 23.9 Å². The lowest BCUT2D eigenvalue weighted by molar-refractivity contribution is 1.03. The number of aromatic nitrogens is 1. The van der Waals surface area contributed by atoms with Crippen LogP contribution >= 0.6 is 0 Å². The molecule has 78 valence electrons. The highest BCUT2D eigenvalue weighted by atomic mass is 14.7. The van der Waals surface area contributed by atoms with Crippen LogP contribution in [0.15, 0.2) is 48.5 Å². The van der Waals surface area contributed by atoms with Gasteiger partial charge in [0.25, 0.3) is 0 Å². The predicted molar refractivity (Wildman–Crippen MR) is 66.0 cm³/mol. The molecule has 0 bridgehead atoms. The third kappa shape index (κ3) is 2.71. The number of rotatable bonds is 1. The Kier molecular flexibility index (Phi) is 3.35. The summed E-state index contributed by atoms with van der Waals surface area (Å²) in [5.74, 6) is 6.17. The zero-order valence-corrected chi connectivity index (χ0v) is 9.27. The summed E-state index contributed by atoms with van der Waals surface area (Å²) in [6.45, 7) is 2.09. The highest BCUT2D eigenvalue weighted by molar-refractivity contribution is 5.39. The minimum atomic E-state index is 0.836. The van der Waals surface area contributed by atoms with Gasteiger partial charge in [-0.05, 0) is 36.6 Å². The van der Waals surface area contributed by atoms with Gasteiger partial charge in [-0.1, -0.05) is 37.1 Å². The molecule has 2 aromatic rings. The van der Waals surface area contributed by atoms with E-state index in [-0.39, 0.29) is 0 Å². The molecule has 1 heteroatoms. The Balaban J connectivity index is 2.24. The Morgan fingerprint density at radius 2 is 1.75 bits per heavy atom. The van der Waals surface area contributed by atoms with Gasteiger partial charge in [0.05, 0.1) is 0 Å².